The van der Waals surface area contributed by atoms with Crippen LogP contribution in [0.3, 0.4) is 0 Å². The summed E-state index contributed by atoms with van der Waals surface area (Å²) < 4.78 is 1.66. The monoisotopic (exact) mass is 358 g/mol. The molecule has 1 heterocycles. The van der Waals surface area contributed by atoms with E-state index in [-0.39, 0.29) is 30.3 Å². The Hall–Kier alpha value is -2.74. The van der Waals surface area contributed by atoms with Gasteiger partial charge < -0.3 is 16.0 Å². The molecular weight excluding hydrogens is 332 g/mol. The van der Waals surface area contributed by atoms with Crippen LogP contribution in [0, 0.1) is 5.92 Å². The Balaban J connectivity index is 1.94. The second-order valence-electron chi connectivity index (χ2n) is 6.60. The third-order valence-electron chi connectivity index (χ3n) is 4.47. The molecule has 0 radical (unpaired) electrons. The second-order valence-corrected chi connectivity index (χ2v) is 6.60. The van der Waals surface area contributed by atoms with E-state index in [9.17, 15) is 9.59 Å². The zero-order valence-electron chi connectivity index (χ0n) is 15.6. The van der Waals surface area contributed by atoms with Crippen LogP contribution < -0.4 is 11.1 Å². The van der Waals surface area contributed by atoms with Crippen molar-refractivity contribution in [2.24, 2.45) is 11.7 Å². The van der Waals surface area contributed by atoms with Crippen molar-refractivity contribution in [3.8, 4) is 5.69 Å². The van der Waals surface area contributed by atoms with E-state index in [1.54, 1.807) is 23.0 Å². The highest BCUT2D eigenvalue weighted by Gasteiger charge is 2.21. The standard InChI is InChI=1S/C18H26N6O2/c1-12(2)17(19)18(26)21-9-16(25)23(4)13(3)14-5-7-15(8-6-14)24-11-20-10-22-24/h5-8,10-13,17H,9,19H2,1-4H3,(H,21,26)/t13?,17-/m0/s1. The molecule has 1 aromatic carbocycles. The van der Waals surface area contributed by atoms with Gasteiger partial charge >= 0.3 is 0 Å². The minimum absolute atomic E-state index is 0.0188. The quantitative estimate of drug-likeness (QED) is 0.764. The van der Waals surface area contributed by atoms with E-state index in [2.05, 4.69) is 15.4 Å². The molecule has 0 aliphatic carbocycles. The molecule has 0 fully saturated rings. The second kappa shape index (κ2) is 8.57. The highest BCUT2D eigenvalue weighted by molar-refractivity contribution is 5.87. The van der Waals surface area contributed by atoms with Crippen molar-refractivity contribution in [3.63, 3.8) is 0 Å². The topological polar surface area (TPSA) is 106 Å². The number of hydrogen-bond acceptors (Lipinski definition) is 5. The Bertz CT molecular complexity index is 727. The van der Waals surface area contributed by atoms with Crippen LogP contribution in [0.5, 0.6) is 0 Å². The number of nitrogens with one attached hydrogen (secondary N) is 1. The number of benzene rings is 1. The molecule has 2 atom stereocenters. The molecule has 8 nitrogen and oxygen atoms in total. The van der Waals surface area contributed by atoms with E-state index in [4.69, 9.17) is 5.73 Å². The SMILES string of the molecule is CC(C)[C@H](N)C(=O)NCC(=O)N(C)C(C)c1ccc(-n2cncn2)cc1. The number of nitrogens with zero attached hydrogens (tertiary/aromatic N) is 4. The van der Waals surface area contributed by atoms with Crippen molar-refractivity contribution in [2.45, 2.75) is 32.9 Å². The normalized spacial score (nSPS) is 13.3. The van der Waals surface area contributed by atoms with Gasteiger partial charge in [-0.25, -0.2) is 9.67 Å². The van der Waals surface area contributed by atoms with Crippen LogP contribution in [0.25, 0.3) is 5.69 Å². The molecule has 0 aliphatic heterocycles. The van der Waals surface area contributed by atoms with Crippen molar-refractivity contribution in [3.05, 3.63) is 42.5 Å². The fraction of sp³-hybridized carbons (Fsp3) is 0.444. The van der Waals surface area contributed by atoms with E-state index in [0.717, 1.165) is 11.3 Å². The van der Waals surface area contributed by atoms with Crippen molar-refractivity contribution in [1.29, 1.82) is 0 Å². The first kappa shape index (κ1) is 19.6. The van der Waals surface area contributed by atoms with E-state index < -0.39 is 6.04 Å². The Kier molecular flexibility index (Phi) is 6.46. The van der Waals surface area contributed by atoms with Crippen LogP contribution in [-0.4, -0.2) is 51.1 Å². The summed E-state index contributed by atoms with van der Waals surface area (Å²) in [4.78, 5) is 29.8. The third-order valence-corrected chi connectivity index (χ3v) is 4.47. The van der Waals surface area contributed by atoms with E-state index in [0.29, 0.717) is 0 Å². The number of likely N-dealkylation sites (N-methyl/N-ethyl adjacent to an activating group) is 1. The van der Waals surface area contributed by atoms with Gasteiger partial charge in [-0.15, -0.1) is 0 Å². The van der Waals surface area contributed by atoms with Gasteiger partial charge in [0.25, 0.3) is 0 Å². The van der Waals surface area contributed by atoms with Crippen LogP contribution in [0.2, 0.25) is 0 Å². The number of aromatic nitrogens is 3. The summed E-state index contributed by atoms with van der Waals surface area (Å²) in [5, 5.41) is 6.69. The van der Waals surface area contributed by atoms with E-state index in [1.165, 1.54) is 6.33 Å². The van der Waals surface area contributed by atoms with Gasteiger partial charge in [-0.3, -0.25) is 9.59 Å². The molecule has 140 valence electrons. The van der Waals surface area contributed by atoms with Gasteiger partial charge in [0.2, 0.25) is 11.8 Å². The Labute approximate surface area is 153 Å². The number of carbonyl (C=O) groups is 2. The maximum Gasteiger partial charge on any atom is 0.242 e. The predicted molar refractivity (Wildman–Crippen MR) is 98.4 cm³/mol. The first-order valence-electron chi connectivity index (χ1n) is 8.55. The molecule has 1 unspecified atom stereocenters. The van der Waals surface area contributed by atoms with Crippen molar-refractivity contribution in [1.82, 2.24) is 25.0 Å². The lowest BCUT2D eigenvalue weighted by molar-refractivity contribution is -0.133. The summed E-state index contributed by atoms with van der Waals surface area (Å²) in [6, 6.07) is 6.97. The molecule has 3 N–H and O–H groups in total. The summed E-state index contributed by atoms with van der Waals surface area (Å²) in [6.45, 7) is 5.59. The summed E-state index contributed by atoms with van der Waals surface area (Å²) in [5.74, 6) is -0.473. The van der Waals surface area contributed by atoms with Crippen LogP contribution in [0.15, 0.2) is 36.9 Å². The van der Waals surface area contributed by atoms with E-state index in [1.807, 2.05) is 45.0 Å². The maximum atomic E-state index is 12.4. The molecule has 0 saturated carbocycles. The minimum Gasteiger partial charge on any atom is -0.346 e. The molecule has 0 spiro atoms. The lowest BCUT2D eigenvalue weighted by Crippen LogP contribution is -2.47. The van der Waals surface area contributed by atoms with Gasteiger partial charge in [0.1, 0.15) is 12.7 Å². The maximum absolute atomic E-state index is 12.4. The summed E-state index contributed by atoms with van der Waals surface area (Å²) in [6.07, 6.45) is 3.10. The fourth-order valence-corrected chi connectivity index (χ4v) is 2.39. The van der Waals surface area contributed by atoms with Crippen molar-refractivity contribution in [2.75, 3.05) is 13.6 Å². The Morgan fingerprint density at radius 3 is 2.42 bits per heavy atom. The molecule has 0 bridgehead atoms. The number of amides is 2. The van der Waals surface area contributed by atoms with Crippen LogP contribution >= 0.6 is 0 Å². The Morgan fingerprint density at radius 2 is 1.88 bits per heavy atom. The van der Waals surface area contributed by atoms with Crippen molar-refractivity contribution >= 4 is 11.8 Å². The van der Waals surface area contributed by atoms with E-state index >= 15 is 0 Å². The summed E-state index contributed by atoms with van der Waals surface area (Å²) in [7, 11) is 1.72. The number of rotatable bonds is 7. The first-order valence-corrected chi connectivity index (χ1v) is 8.55. The van der Waals surface area contributed by atoms with Crippen molar-refractivity contribution < 1.29 is 9.59 Å². The predicted octanol–water partition coefficient (Wildman–Crippen LogP) is 0.886. The first-order chi connectivity index (χ1) is 12.3. The zero-order valence-corrected chi connectivity index (χ0v) is 15.6. The third kappa shape index (κ3) is 4.66. The fourth-order valence-electron chi connectivity index (χ4n) is 2.39. The van der Waals surface area contributed by atoms with Gasteiger partial charge in [-0.05, 0) is 30.5 Å². The largest absolute Gasteiger partial charge is 0.346 e. The lowest BCUT2D eigenvalue weighted by atomic mass is 10.1. The van der Waals surface area contributed by atoms with Gasteiger partial charge in [-0.2, -0.15) is 5.10 Å². The van der Waals surface area contributed by atoms with Crippen LogP contribution in [0.4, 0.5) is 0 Å². The average molecular weight is 358 g/mol. The number of nitrogens with two attached hydrogens (primary N) is 1. The smallest absolute Gasteiger partial charge is 0.242 e. The number of hydrogen-bond donors (Lipinski definition) is 2. The molecular formula is C18H26N6O2. The zero-order chi connectivity index (χ0) is 19.3. The molecule has 0 saturated heterocycles. The van der Waals surface area contributed by atoms with Gasteiger partial charge in [0.05, 0.1) is 24.3 Å². The lowest BCUT2D eigenvalue weighted by Gasteiger charge is -2.26. The van der Waals surface area contributed by atoms with Gasteiger partial charge in [-0.1, -0.05) is 26.0 Å². The summed E-state index contributed by atoms with van der Waals surface area (Å²) >= 11 is 0. The highest BCUT2D eigenvalue weighted by atomic mass is 16.2. The molecule has 8 heteroatoms. The van der Waals surface area contributed by atoms with Gasteiger partial charge in [0.15, 0.2) is 0 Å². The molecule has 26 heavy (non-hydrogen) atoms. The molecule has 1 aromatic heterocycles. The van der Waals surface area contributed by atoms with Gasteiger partial charge in [0, 0.05) is 7.05 Å². The molecule has 2 amide bonds. The highest BCUT2D eigenvalue weighted by Crippen LogP contribution is 2.20. The minimum atomic E-state index is -0.616. The molecule has 2 aromatic rings. The van der Waals surface area contributed by atoms with Crippen LogP contribution in [-0.2, 0) is 9.59 Å². The Morgan fingerprint density at radius 1 is 1.23 bits per heavy atom. The average Bonchev–Trinajstić information content (AvgIpc) is 3.18. The number of carbonyl (C=O) groups excluding carboxylic acids is 2. The van der Waals surface area contributed by atoms with Crippen LogP contribution in [0.1, 0.15) is 32.4 Å². The molecule has 0 aliphatic rings. The molecule has 2 rings (SSSR count). The summed E-state index contributed by atoms with van der Waals surface area (Å²) in [5.41, 5.74) is 7.65.